The number of carbonyl (C=O) groups excluding carboxylic acids is 1. The van der Waals surface area contributed by atoms with Crippen LogP contribution in [0.4, 0.5) is 5.69 Å². The minimum atomic E-state index is 0.0163. The highest BCUT2D eigenvalue weighted by Crippen LogP contribution is 2.29. The molecule has 1 N–H and O–H groups in total. The van der Waals surface area contributed by atoms with Gasteiger partial charge in [-0.25, -0.2) is 4.98 Å². The molecule has 140 valence electrons. The van der Waals surface area contributed by atoms with Crippen molar-refractivity contribution in [2.45, 2.75) is 32.2 Å². The summed E-state index contributed by atoms with van der Waals surface area (Å²) in [7, 11) is 1.66. The summed E-state index contributed by atoms with van der Waals surface area (Å²) >= 11 is 1.59. The Labute approximate surface area is 164 Å². The van der Waals surface area contributed by atoms with Crippen LogP contribution in [0.5, 0.6) is 5.75 Å². The Bertz CT molecular complexity index is 965. The Hall–Kier alpha value is -2.53. The molecule has 0 saturated heterocycles. The summed E-state index contributed by atoms with van der Waals surface area (Å²) in [5, 5.41) is 4.97. The molecule has 3 rings (SSSR count). The van der Waals surface area contributed by atoms with Gasteiger partial charge in [0, 0.05) is 23.2 Å². The number of aryl methyl sites for hydroxylation is 3. The molecule has 0 saturated carbocycles. The van der Waals surface area contributed by atoms with Crippen LogP contribution in [0.25, 0.3) is 10.9 Å². The van der Waals surface area contributed by atoms with E-state index in [1.807, 2.05) is 44.2 Å². The van der Waals surface area contributed by atoms with Crippen molar-refractivity contribution >= 4 is 34.3 Å². The Morgan fingerprint density at radius 1 is 1.11 bits per heavy atom. The van der Waals surface area contributed by atoms with Crippen molar-refractivity contribution in [2.75, 3.05) is 18.2 Å². The van der Waals surface area contributed by atoms with Crippen molar-refractivity contribution in [3.63, 3.8) is 0 Å². The maximum atomic E-state index is 12.2. The van der Waals surface area contributed by atoms with E-state index >= 15 is 0 Å². The Kier molecular flexibility index (Phi) is 6.01. The average molecular weight is 381 g/mol. The van der Waals surface area contributed by atoms with Gasteiger partial charge in [-0.2, -0.15) is 0 Å². The molecule has 1 heterocycles. The van der Waals surface area contributed by atoms with E-state index in [1.165, 1.54) is 0 Å². The second-order valence-electron chi connectivity index (χ2n) is 6.66. The first-order valence-electron chi connectivity index (χ1n) is 8.91. The quantitative estimate of drug-likeness (QED) is 0.590. The largest absolute Gasteiger partial charge is 0.494 e. The first kappa shape index (κ1) is 19.2. The van der Waals surface area contributed by atoms with Crippen molar-refractivity contribution in [1.82, 2.24) is 4.98 Å². The highest BCUT2D eigenvalue weighted by molar-refractivity contribution is 7.99. The maximum absolute atomic E-state index is 12.2. The van der Waals surface area contributed by atoms with Crippen molar-refractivity contribution < 1.29 is 9.53 Å². The van der Waals surface area contributed by atoms with Gasteiger partial charge in [-0.05, 0) is 61.7 Å². The van der Waals surface area contributed by atoms with Crippen molar-refractivity contribution in [3.05, 3.63) is 59.2 Å². The van der Waals surface area contributed by atoms with Crippen LogP contribution in [0, 0.1) is 20.8 Å². The standard InChI is InChI=1S/C22H24N2O2S/c1-14-10-15(2)12-17(11-14)23-20(25)8-9-27-21-13-16(3)18-6-5-7-19(26-4)22(18)24-21/h5-7,10-13H,8-9H2,1-4H3,(H,23,25). The van der Waals surface area contributed by atoms with E-state index in [-0.39, 0.29) is 5.91 Å². The molecule has 0 aliphatic carbocycles. The van der Waals surface area contributed by atoms with E-state index in [0.717, 1.165) is 44.1 Å². The summed E-state index contributed by atoms with van der Waals surface area (Å²) < 4.78 is 5.43. The summed E-state index contributed by atoms with van der Waals surface area (Å²) in [5.41, 5.74) is 5.16. The lowest BCUT2D eigenvalue weighted by molar-refractivity contribution is -0.115. The fourth-order valence-electron chi connectivity index (χ4n) is 3.12. The zero-order valence-electron chi connectivity index (χ0n) is 16.1. The Morgan fingerprint density at radius 2 is 1.85 bits per heavy atom. The summed E-state index contributed by atoms with van der Waals surface area (Å²) in [5.74, 6) is 1.46. The Morgan fingerprint density at radius 3 is 2.56 bits per heavy atom. The molecular weight excluding hydrogens is 356 g/mol. The normalized spacial score (nSPS) is 10.8. The maximum Gasteiger partial charge on any atom is 0.225 e. The third kappa shape index (κ3) is 4.80. The van der Waals surface area contributed by atoms with E-state index in [1.54, 1.807) is 18.9 Å². The molecule has 0 aliphatic heterocycles. The molecule has 0 fully saturated rings. The van der Waals surface area contributed by atoms with Gasteiger partial charge in [0.25, 0.3) is 0 Å². The van der Waals surface area contributed by atoms with Gasteiger partial charge in [0.05, 0.1) is 12.1 Å². The monoisotopic (exact) mass is 380 g/mol. The zero-order chi connectivity index (χ0) is 19.4. The van der Waals surface area contributed by atoms with Gasteiger partial charge < -0.3 is 10.1 Å². The van der Waals surface area contributed by atoms with Crippen LogP contribution in [-0.4, -0.2) is 23.8 Å². The highest BCUT2D eigenvalue weighted by atomic mass is 32.2. The number of nitrogens with zero attached hydrogens (tertiary/aromatic N) is 1. The predicted molar refractivity (Wildman–Crippen MR) is 113 cm³/mol. The van der Waals surface area contributed by atoms with Gasteiger partial charge in [-0.3, -0.25) is 4.79 Å². The topological polar surface area (TPSA) is 51.2 Å². The first-order chi connectivity index (χ1) is 13.0. The number of thioether (sulfide) groups is 1. The molecule has 0 unspecified atom stereocenters. The number of amides is 1. The molecule has 27 heavy (non-hydrogen) atoms. The average Bonchev–Trinajstić information content (AvgIpc) is 2.60. The van der Waals surface area contributed by atoms with Gasteiger partial charge in [-0.1, -0.05) is 18.2 Å². The summed E-state index contributed by atoms with van der Waals surface area (Å²) in [6.45, 7) is 6.13. The number of carbonyl (C=O) groups is 1. The van der Waals surface area contributed by atoms with Crippen LogP contribution in [0.1, 0.15) is 23.1 Å². The molecule has 0 spiro atoms. The third-order valence-corrected chi connectivity index (χ3v) is 5.20. The van der Waals surface area contributed by atoms with Crippen LogP contribution < -0.4 is 10.1 Å². The third-order valence-electron chi connectivity index (χ3n) is 4.29. The van der Waals surface area contributed by atoms with E-state index in [4.69, 9.17) is 9.72 Å². The number of ether oxygens (including phenoxy) is 1. The second-order valence-corrected chi connectivity index (χ2v) is 7.77. The molecule has 2 aromatic carbocycles. The van der Waals surface area contributed by atoms with Crippen molar-refractivity contribution in [2.24, 2.45) is 0 Å². The van der Waals surface area contributed by atoms with E-state index < -0.39 is 0 Å². The van der Waals surface area contributed by atoms with Crippen LogP contribution in [0.3, 0.4) is 0 Å². The van der Waals surface area contributed by atoms with Crippen LogP contribution in [-0.2, 0) is 4.79 Å². The first-order valence-corrected chi connectivity index (χ1v) is 9.90. The molecule has 0 atom stereocenters. The van der Waals surface area contributed by atoms with Gasteiger partial charge in [0.15, 0.2) is 0 Å². The smallest absolute Gasteiger partial charge is 0.225 e. The van der Waals surface area contributed by atoms with Crippen molar-refractivity contribution in [3.8, 4) is 5.75 Å². The SMILES string of the molecule is COc1cccc2c(C)cc(SCCC(=O)Nc3cc(C)cc(C)c3)nc12. The molecular formula is C22H24N2O2S. The molecule has 0 bridgehead atoms. The molecule has 0 radical (unpaired) electrons. The number of benzene rings is 2. The van der Waals surface area contributed by atoms with Gasteiger partial charge >= 0.3 is 0 Å². The lowest BCUT2D eigenvalue weighted by atomic mass is 10.1. The fourth-order valence-corrected chi connectivity index (χ4v) is 4.03. The molecule has 0 aliphatic rings. The van der Waals surface area contributed by atoms with Gasteiger partial charge in [0.1, 0.15) is 11.3 Å². The minimum Gasteiger partial charge on any atom is -0.494 e. The Balaban J connectivity index is 1.64. The number of aromatic nitrogens is 1. The van der Waals surface area contributed by atoms with E-state index in [0.29, 0.717) is 12.2 Å². The van der Waals surface area contributed by atoms with Crippen molar-refractivity contribution in [1.29, 1.82) is 0 Å². The zero-order valence-corrected chi connectivity index (χ0v) is 16.9. The number of rotatable bonds is 6. The lowest BCUT2D eigenvalue weighted by Crippen LogP contribution is -2.12. The molecule has 3 aromatic rings. The fraction of sp³-hybridized carbons (Fsp3) is 0.273. The number of fused-ring (bicyclic) bond motifs is 1. The van der Waals surface area contributed by atoms with Crippen LogP contribution in [0.2, 0.25) is 0 Å². The second kappa shape index (κ2) is 8.44. The number of nitrogens with one attached hydrogen (secondary N) is 1. The van der Waals surface area contributed by atoms with E-state index in [2.05, 4.69) is 24.4 Å². The van der Waals surface area contributed by atoms with Crippen LogP contribution >= 0.6 is 11.8 Å². The van der Waals surface area contributed by atoms with E-state index in [9.17, 15) is 4.79 Å². The summed E-state index contributed by atoms with van der Waals surface area (Å²) in [6, 6.07) is 14.1. The number of pyridine rings is 1. The number of hydrogen-bond donors (Lipinski definition) is 1. The predicted octanol–water partition coefficient (Wildman–Crippen LogP) is 5.29. The number of methoxy groups -OCH3 is 1. The molecule has 1 aromatic heterocycles. The minimum absolute atomic E-state index is 0.0163. The molecule has 4 nitrogen and oxygen atoms in total. The van der Waals surface area contributed by atoms with Gasteiger partial charge in [-0.15, -0.1) is 11.8 Å². The summed E-state index contributed by atoms with van der Waals surface area (Å²) in [6.07, 6.45) is 0.433. The number of anilines is 1. The molecule has 5 heteroatoms. The summed E-state index contributed by atoms with van der Waals surface area (Å²) in [4.78, 5) is 17.0. The molecule has 1 amide bonds. The number of hydrogen-bond acceptors (Lipinski definition) is 4. The highest BCUT2D eigenvalue weighted by Gasteiger charge is 2.09. The van der Waals surface area contributed by atoms with Crippen LogP contribution in [0.15, 0.2) is 47.5 Å². The van der Waals surface area contributed by atoms with Gasteiger partial charge in [0.2, 0.25) is 5.91 Å². The lowest BCUT2D eigenvalue weighted by Gasteiger charge is -2.10. The number of para-hydroxylation sites is 1.